The molecular weight excluding hydrogens is 246 g/mol. The van der Waals surface area contributed by atoms with E-state index in [0.29, 0.717) is 6.42 Å². The van der Waals surface area contributed by atoms with Crippen LogP contribution in [0.4, 0.5) is 4.79 Å². The molecule has 0 aromatic heterocycles. The number of carboxylic acids is 1. The van der Waals surface area contributed by atoms with E-state index in [1.807, 2.05) is 27.7 Å². The Hall–Kier alpha value is -1.26. The first-order valence-electron chi connectivity index (χ1n) is 6.95. The third-order valence-corrected chi connectivity index (χ3v) is 4.24. The van der Waals surface area contributed by atoms with Crippen molar-refractivity contribution >= 4 is 12.1 Å². The highest BCUT2D eigenvalue weighted by atomic mass is 16.6. The lowest BCUT2D eigenvalue weighted by molar-refractivity contribution is -0.147. The molecule has 0 spiro atoms. The molecule has 5 nitrogen and oxygen atoms in total. The fraction of sp³-hybridized carbons (Fsp3) is 0.857. The van der Waals surface area contributed by atoms with Gasteiger partial charge in [0.15, 0.2) is 0 Å². The Kier molecular flexibility index (Phi) is 3.49. The van der Waals surface area contributed by atoms with E-state index in [1.165, 1.54) is 0 Å². The van der Waals surface area contributed by atoms with Gasteiger partial charge in [0, 0.05) is 12.1 Å². The van der Waals surface area contributed by atoms with Crippen LogP contribution in [0.2, 0.25) is 0 Å². The average Bonchev–Trinajstić information content (AvgIpc) is 2.58. The van der Waals surface area contributed by atoms with Gasteiger partial charge in [0.25, 0.3) is 0 Å². The van der Waals surface area contributed by atoms with Crippen LogP contribution in [0.5, 0.6) is 0 Å². The minimum Gasteiger partial charge on any atom is -0.481 e. The minimum atomic E-state index is -0.742. The van der Waals surface area contributed by atoms with Crippen LogP contribution in [0.15, 0.2) is 0 Å². The van der Waals surface area contributed by atoms with Gasteiger partial charge in [-0.1, -0.05) is 6.92 Å². The third kappa shape index (κ3) is 2.69. The van der Waals surface area contributed by atoms with Crippen LogP contribution < -0.4 is 0 Å². The number of nitrogens with zero attached hydrogens (tertiary/aromatic N) is 1. The lowest BCUT2D eigenvalue weighted by atomic mass is 9.81. The zero-order valence-electron chi connectivity index (χ0n) is 12.0. The maximum absolute atomic E-state index is 12.3. The second-order valence-electron chi connectivity index (χ2n) is 6.73. The monoisotopic (exact) mass is 269 g/mol. The molecule has 2 saturated heterocycles. The summed E-state index contributed by atoms with van der Waals surface area (Å²) in [4.78, 5) is 25.3. The van der Waals surface area contributed by atoms with Gasteiger partial charge in [-0.2, -0.15) is 0 Å². The van der Waals surface area contributed by atoms with Crippen LogP contribution in [0.25, 0.3) is 0 Å². The van der Waals surface area contributed by atoms with Crippen molar-refractivity contribution < 1.29 is 19.4 Å². The Bertz CT molecular complexity index is 387. The van der Waals surface area contributed by atoms with Crippen molar-refractivity contribution in [3.63, 3.8) is 0 Å². The molecule has 0 aromatic carbocycles. The highest BCUT2D eigenvalue weighted by molar-refractivity contribution is 5.73. The molecule has 2 rings (SSSR count). The number of piperidine rings is 1. The largest absolute Gasteiger partial charge is 0.481 e. The van der Waals surface area contributed by atoms with E-state index < -0.39 is 11.6 Å². The van der Waals surface area contributed by atoms with Gasteiger partial charge in [-0.15, -0.1) is 0 Å². The highest BCUT2D eigenvalue weighted by Gasteiger charge is 2.50. The molecule has 0 aliphatic carbocycles. The van der Waals surface area contributed by atoms with Crippen molar-refractivity contribution in [2.45, 2.75) is 64.6 Å². The molecule has 0 radical (unpaired) electrons. The molecule has 4 atom stereocenters. The van der Waals surface area contributed by atoms with Crippen molar-refractivity contribution in [1.29, 1.82) is 0 Å². The fourth-order valence-corrected chi connectivity index (χ4v) is 3.36. The van der Waals surface area contributed by atoms with Gasteiger partial charge < -0.3 is 14.7 Å². The van der Waals surface area contributed by atoms with E-state index in [2.05, 4.69) is 0 Å². The Labute approximate surface area is 113 Å². The number of hydrogen-bond acceptors (Lipinski definition) is 3. The smallest absolute Gasteiger partial charge is 0.410 e. The number of ether oxygens (including phenoxy) is 1. The summed E-state index contributed by atoms with van der Waals surface area (Å²) >= 11 is 0. The minimum absolute atomic E-state index is 0.00898. The molecule has 0 aromatic rings. The molecule has 2 aliphatic rings. The van der Waals surface area contributed by atoms with Gasteiger partial charge in [0.1, 0.15) is 5.60 Å². The molecule has 2 aliphatic heterocycles. The molecule has 1 N–H and O–H groups in total. The van der Waals surface area contributed by atoms with Crippen molar-refractivity contribution in [1.82, 2.24) is 4.90 Å². The summed E-state index contributed by atoms with van der Waals surface area (Å²) in [6.45, 7) is 7.48. The van der Waals surface area contributed by atoms with Crippen LogP contribution in [0.1, 0.15) is 47.0 Å². The molecule has 2 heterocycles. The normalized spacial score (nSPS) is 34.2. The Morgan fingerprint density at radius 3 is 2.42 bits per heavy atom. The number of hydrogen-bond donors (Lipinski definition) is 1. The molecule has 0 saturated carbocycles. The molecule has 19 heavy (non-hydrogen) atoms. The molecule has 2 fully saturated rings. The first-order chi connectivity index (χ1) is 8.70. The number of aliphatic carboxylic acids is 1. The summed E-state index contributed by atoms with van der Waals surface area (Å²) < 4.78 is 5.44. The number of carbonyl (C=O) groups is 2. The molecule has 2 bridgehead atoms. The van der Waals surface area contributed by atoms with Crippen LogP contribution in [0.3, 0.4) is 0 Å². The van der Waals surface area contributed by atoms with Gasteiger partial charge >= 0.3 is 12.1 Å². The van der Waals surface area contributed by atoms with Crippen molar-refractivity contribution in [2.24, 2.45) is 11.8 Å². The maximum atomic E-state index is 12.3. The van der Waals surface area contributed by atoms with Gasteiger partial charge in [0.2, 0.25) is 0 Å². The first-order valence-corrected chi connectivity index (χ1v) is 6.95. The number of carbonyl (C=O) groups excluding carboxylic acids is 1. The molecular formula is C14H23NO4. The molecule has 108 valence electrons. The topological polar surface area (TPSA) is 66.8 Å². The predicted octanol–water partition coefficient (Wildman–Crippen LogP) is 2.50. The SMILES string of the molecule is C[C@@H]1[C@H]2CC[C@H](C[C@H]1C(=O)O)N2C(=O)OC(C)(C)C. The predicted molar refractivity (Wildman–Crippen MR) is 69.8 cm³/mol. The molecule has 0 unspecified atom stereocenters. The van der Waals surface area contributed by atoms with E-state index in [1.54, 1.807) is 4.90 Å². The number of carboxylic acid groups (broad SMARTS) is 1. The Balaban J connectivity index is 2.13. The zero-order chi connectivity index (χ0) is 14.4. The first kappa shape index (κ1) is 14.2. The number of amides is 1. The second kappa shape index (κ2) is 4.69. The lowest BCUT2D eigenvalue weighted by Crippen LogP contribution is -2.53. The van der Waals surface area contributed by atoms with Gasteiger partial charge in [0.05, 0.1) is 5.92 Å². The van der Waals surface area contributed by atoms with E-state index in [-0.39, 0.29) is 30.0 Å². The Morgan fingerprint density at radius 2 is 1.89 bits per heavy atom. The molecule has 5 heteroatoms. The van der Waals surface area contributed by atoms with Crippen LogP contribution in [0, 0.1) is 11.8 Å². The van der Waals surface area contributed by atoms with E-state index >= 15 is 0 Å². The summed E-state index contributed by atoms with van der Waals surface area (Å²) in [5, 5.41) is 9.25. The highest BCUT2D eigenvalue weighted by Crippen LogP contribution is 2.43. The quantitative estimate of drug-likeness (QED) is 0.794. The zero-order valence-corrected chi connectivity index (χ0v) is 12.0. The van der Waals surface area contributed by atoms with E-state index in [4.69, 9.17) is 4.74 Å². The van der Waals surface area contributed by atoms with Crippen LogP contribution in [-0.4, -0.2) is 39.8 Å². The van der Waals surface area contributed by atoms with E-state index in [0.717, 1.165) is 12.8 Å². The standard InChI is InChI=1S/C14H23NO4/c1-8-10(12(16)17)7-9-5-6-11(8)15(9)13(18)19-14(2,3)4/h8-11H,5-7H2,1-4H3,(H,16,17)/t8-,9+,10+,11+/m0/s1. The van der Waals surface area contributed by atoms with Crippen molar-refractivity contribution in [3.05, 3.63) is 0 Å². The second-order valence-corrected chi connectivity index (χ2v) is 6.73. The number of fused-ring (bicyclic) bond motifs is 2. The van der Waals surface area contributed by atoms with Crippen molar-refractivity contribution in [2.75, 3.05) is 0 Å². The number of rotatable bonds is 1. The van der Waals surface area contributed by atoms with Crippen LogP contribution in [-0.2, 0) is 9.53 Å². The molecule has 1 amide bonds. The van der Waals surface area contributed by atoms with Gasteiger partial charge in [-0.05, 0) is 46.0 Å². The summed E-state index contributed by atoms with van der Waals surface area (Å²) in [6.07, 6.45) is 2.02. The summed E-state index contributed by atoms with van der Waals surface area (Å²) in [5.41, 5.74) is -0.511. The van der Waals surface area contributed by atoms with Crippen molar-refractivity contribution in [3.8, 4) is 0 Å². The summed E-state index contributed by atoms with van der Waals surface area (Å²) in [7, 11) is 0. The fourth-order valence-electron chi connectivity index (χ4n) is 3.36. The van der Waals surface area contributed by atoms with Crippen LogP contribution >= 0.6 is 0 Å². The summed E-state index contributed by atoms with van der Waals surface area (Å²) in [6, 6.07) is 0.0341. The van der Waals surface area contributed by atoms with Gasteiger partial charge in [-0.3, -0.25) is 4.79 Å². The van der Waals surface area contributed by atoms with Gasteiger partial charge in [-0.25, -0.2) is 4.79 Å². The van der Waals surface area contributed by atoms with E-state index in [9.17, 15) is 14.7 Å². The third-order valence-electron chi connectivity index (χ3n) is 4.24. The maximum Gasteiger partial charge on any atom is 0.410 e. The summed E-state index contributed by atoms with van der Waals surface area (Å²) in [5.74, 6) is -1.09. The average molecular weight is 269 g/mol. The Morgan fingerprint density at radius 1 is 1.26 bits per heavy atom. The lowest BCUT2D eigenvalue weighted by Gasteiger charge is -2.42.